The van der Waals surface area contributed by atoms with E-state index in [4.69, 9.17) is 4.74 Å². The van der Waals surface area contributed by atoms with Crippen molar-refractivity contribution in [1.29, 1.82) is 0 Å². The molecule has 3 aliphatic heterocycles. The van der Waals surface area contributed by atoms with E-state index in [1.54, 1.807) is 0 Å². The van der Waals surface area contributed by atoms with Crippen LogP contribution in [0, 0.1) is 5.92 Å². The standard InChI is InChI=1S/C15H26N2O2/c1-2-14-11(7-10-19-14)15(18)17-9-4-6-13(17)12-5-3-8-16-12/h11-14,16H,2-10H2,1H3. The number of hydrogen-bond donors (Lipinski definition) is 1. The van der Waals surface area contributed by atoms with Crippen LogP contribution in [0.15, 0.2) is 0 Å². The number of likely N-dealkylation sites (tertiary alicyclic amines) is 1. The number of nitrogens with one attached hydrogen (secondary N) is 1. The van der Waals surface area contributed by atoms with Gasteiger partial charge in [0.25, 0.3) is 0 Å². The zero-order valence-corrected chi connectivity index (χ0v) is 11.9. The Balaban J connectivity index is 1.67. The summed E-state index contributed by atoms with van der Waals surface area (Å²) in [7, 11) is 0. The molecule has 0 aliphatic carbocycles. The van der Waals surface area contributed by atoms with Crippen LogP contribution in [0.4, 0.5) is 0 Å². The Kier molecular flexibility index (Phi) is 4.08. The summed E-state index contributed by atoms with van der Waals surface area (Å²) in [5, 5.41) is 3.57. The largest absolute Gasteiger partial charge is 0.377 e. The molecule has 1 amide bonds. The summed E-state index contributed by atoms with van der Waals surface area (Å²) < 4.78 is 5.69. The lowest BCUT2D eigenvalue weighted by Gasteiger charge is -2.32. The minimum absolute atomic E-state index is 0.118. The van der Waals surface area contributed by atoms with Crippen molar-refractivity contribution in [3.05, 3.63) is 0 Å². The molecule has 4 atom stereocenters. The second-order valence-corrected chi connectivity index (χ2v) is 6.16. The molecule has 1 N–H and O–H groups in total. The number of rotatable bonds is 3. The predicted molar refractivity (Wildman–Crippen MR) is 73.9 cm³/mol. The molecule has 108 valence electrons. The van der Waals surface area contributed by atoms with Crippen LogP contribution in [-0.2, 0) is 9.53 Å². The zero-order valence-electron chi connectivity index (χ0n) is 11.9. The van der Waals surface area contributed by atoms with E-state index in [9.17, 15) is 4.79 Å². The highest BCUT2D eigenvalue weighted by Gasteiger charge is 2.41. The van der Waals surface area contributed by atoms with E-state index >= 15 is 0 Å². The van der Waals surface area contributed by atoms with Crippen molar-refractivity contribution in [3.63, 3.8) is 0 Å². The number of carbonyl (C=O) groups is 1. The van der Waals surface area contributed by atoms with Gasteiger partial charge in [-0.2, -0.15) is 0 Å². The van der Waals surface area contributed by atoms with Crippen molar-refractivity contribution < 1.29 is 9.53 Å². The molecule has 0 radical (unpaired) electrons. The van der Waals surface area contributed by atoms with Crippen molar-refractivity contribution in [3.8, 4) is 0 Å². The Hall–Kier alpha value is -0.610. The molecular formula is C15H26N2O2. The van der Waals surface area contributed by atoms with Gasteiger partial charge in [0, 0.05) is 25.2 Å². The lowest BCUT2D eigenvalue weighted by molar-refractivity contribution is -0.138. The van der Waals surface area contributed by atoms with E-state index in [0.717, 1.165) is 32.5 Å². The third-order valence-electron chi connectivity index (χ3n) is 5.07. The summed E-state index contributed by atoms with van der Waals surface area (Å²) >= 11 is 0. The van der Waals surface area contributed by atoms with E-state index < -0.39 is 0 Å². The van der Waals surface area contributed by atoms with Crippen LogP contribution >= 0.6 is 0 Å². The van der Waals surface area contributed by atoms with Crippen molar-refractivity contribution in [2.45, 2.75) is 63.6 Å². The summed E-state index contributed by atoms with van der Waals surface area (Å²) in [4.78, 5) is 15.0. The highest BCUT2D eigenvalue weighted by molar-refractivity contribution is 5.80. The number of ether oxygens (including phenoxy) is 1. The van der Waals surface area contributed by atoms with Gasteiger partial charge in [0.15, 0.2) is 0 Å². The first kappa shape index (κ1) is 13.4. The van der Waals surface area contributed by atoms with Gasteiger partial charge in [0.2, 0.25) is 5.91 Å². The van der Waals surface area contributed by atoms with Crippen LogP contribution in [0.3, 0.4) is 0 Å². The molecule has 0 saturated carbocycles. The number of hydrogen-bond acceptors (Lipinski definition) is 3. The Morgan fingerprint density at radius 1 is 1.32 bits per heavy atom. The Labute approximate surface area is 115 Å². The first-order valence-electron chi connectivity index (χ1n) is 7.96. The Bertz CT molecular complexity index is 328. The highest BCUT2D eigenvalue weighted by Crippen LogP contribution is 2.31. The van der Waals surface area contributed by atoms with E-state index in [-0.39, 0.29) is 12.0 Å². The van der Waals surface area contributed by atoms with Crippen molar-refractivity contribution in [2.75, 3.05) is 19.7 Å². The fourth-order valence-corrected chi connectivity index (χ4v) is 4.07. The molecule has 3 heterocycles. The molecule has 4 unspecified atom stereocenters. The predicted octanol–water partition coefficient (Wildman–Crippen LogP) is 1.54. The SMILES string of the molecule is CCC1OCCC1C(=O)N1CCCC1C1CCCN1. The van der Waals surface area contributed by atoms with E-state index in [1.807, 2.05) is 0 Å². The van der Waals surface area contributed by atoms with Crippen LogP contribution < -0.4 is 5.32 Å². The molecule has 0 aromatic heterocycles. The normalized spacial score (nSPS) is 39.1. The molecule has 0 aromatic rings. The lowest BCUT2D eigenvalue weighted by Crippen LogP contribution is -2.49. The summed E-state index contributed by atoms with van der Waals surface area (Å²) in [6, 6.07) is 0.974. The van der Waals surface area contributed by atoms with Gasteiger partial charge in [-0.25, -0.2) is 0 Å². The molecular weight excluding hydrogens is 240 g/mol. The average Bonchev–Trinajstić information content (AvgIpc) is 3.16. The molecule has 3 fully saturated rings. The Morgan fingerprint density at radius 2 is 2.21 bits per heavy atom. The third-order valence-corrected chi connectivity index (χ3v) is 5.07. The first-order chi connectivity index (χ1) is 9.31. The van der Waals surface area contributed by atoms with Gasteiger partial charge in [0.05, 0.1) is 12.0 Å². The second-order valence-electron chi connectivity index (χ2n) is 6.16. The maximum Gasteiger partial charge on any atom is 0.228 e. The first-order valence-corrected chi connectivity index (χ1v) is 7.96. The summed E-state index contributed by atoms with van der Waals surface area (Å²) in [6.45, 7) is 4.95. The topological polar surface area (TPSA) is 41.6 Å². The van der Waals surface area contributed by atoms with Gasteiger partial charge < -0.3 is 15.0 Å². The van der Waals surface area contributed by atoms with Crippen molar-refractivity contribution >= 4 is 5.91 Å². The molecule has 3 aliphatic rings. The van der Waals surface area contributed by atoms with E-state index in [1.165, 1.54) is 25.7 Å². The van der Waals surface area contributed by atoms with Gasteiger partial charge in [-0.3, -0.25) is 4.79 Å². The molecule has 0 aromatic carbocycles. The number of amides is 1. The van der Waals surface area contributed by atoms with Gasteiger partial charge in [-0.05, 0) is 45.1 Å². The molecule has 4 heteroatoms. The summed E-state index contributed by atoms with van der Waals surface area (Å²) in [5.41, 5.74) is 0. The molecule has 4 nitrogen and oxygen atoms in total. The molecule has 3 rings (SSSR count). The van der Waals surface area contributed by atoms with Gasteiger partial charge in [-0.15, -0.1) is 0 Å². The van der Waals surface area contributed by atoms with Crippen LogP contribution in [-0.4, -0.2) is 48.7 Å². The van der Waals surface area contributed by atoms with Crippen molar-refractivity contribution in [2.24, 2.45) is 5.92 Å². The maximum absolute atomic E-state index is 12.8. The fraction of sp³-hybridized carbons (Fsp3) is 0.933. The molecule has 3 saturated heterocycles. The van der Waals surface area contributed by atoms with Crippen LogP contribution in [0.25, 0.3) is 0 Å². The smallest absolute Gasteiger partial charge is 0.228 e. The lowest BCUT2D eigenvalue weighted by atomic mass is 9.96. The molecule has 19 heavy (non-hydrogen) atoms. The molecule has 0 bridgehead atoms. The van der Waals surface area contributed by atoms with Crippen molar-refractivity contribution in [1.82, 2.24) is 10.2 Å². The van der Waals surface area contributed by atoms with E-state index in [0.29, 0.717) is 18.0 Å². The van der Waals surface area contributed by atoms with Gasteiger partial charge >= 0.3 is 0 Å². The summed E-state index contributed by atoms with van der Waals surface area (Å²) in [6.07, 6.45) is 6.85. The van der Waals surface area contributed by atoms with Crippen LogP contribution in [0.5, 0.6) is 0 Å². The Morgan fingerprint density at radius 3 is 2.95 bits per heavy atom. The number of nitrogens with zero attached hydrogens (tertiary/aromatic N) is 1. The zero-order chi connectivity index (χ0) is 13.2. The minimum atomic E-state index is 0.118. The van der Waals surface area contributed by atoms with E-state index in [2.05, 4.69) is 17.1 Å². The number of carbonyl (C=O) groups excluding carboxylic acids is 1. The van der Waals surface area contributed by atoms with Crippen LogP contribution in [0.1, 0.15) is 45.4 Å². The average molecular weight is 266 g/mol. The van der Waals surface area contributed by atoms with Crippen LogP contribution in [0.2, 0.25) is 0 Å². The quantitative estimate of drug-likeness (QED) is 0.842. The monoisotopic (exact) mass is 266 g/mol. The highest BCUT2D eigenvalue weighted by atomic mass is 16.5. The fourth-order valence-electron chi connectivity index (χ4n) is 4.07. The third kappa shape index (κ3) is 2.52. The van der Waals surface area contributed by atoms with Gasteiger partial charge in [0.1, 0.15) is 0 Å². The minimum Gasteiger partial charge on any atom is -0.377 e. The summed E-state index contributed by atoms with van der Waals surface area (Å²) in [5.74, 6) is 0.479. The second kappa shape index (κ2) is 5.80. The van der Waals surface area contributed by atoms with Gasteiger partial charge in [-0.1, -0.05) is 6.92 Å². The molecule has 0 spiro atoms. The maximum atomic E-state index is 12.8.